The van der Waals surface area contributed by atoms with E-state index in [1.54, 1.807) is 0 Å². The van der Waals surface area contributed by atoms with Crippen LogP contribution in [0.1, 0.15) is 50.2 Å². The van der Waals surface area contributed by atoms with Gasteiger partial charge in [0.25, 0.3) is 0 Å². The third kappa shape index (κ3) is 5.23. The summed E-state index contributed by atoms with van der Waals surface area (Å²) < 4.78 is 37.7. The number of benzene rings is 1. The molecule has 2 rings (SSSR count). The highest BCUT2D eigenvalue weighted by molar-refractivity contribution is 5.79. The van der Waals surface area contributed by atoms with Gasteiger partial charge in [-0.25, -0.2) is 0 Å². The highest BCUT2D eigenvalue weighted by atomic mass is 19.4. The van der Waals surface area contributed by atoms with E-state index < -0.39 is 11.7 Å². The monoisotopic (exact) mass is 343 g/mol. The number of nitrogens with one attached hydrogen (secondary N) is 1. The molecule has 0 aliphatic heterocycles. The van der Waals surface area contributed by atoms with E-state index in [0.29, 0.717) is 25.7 Å². The lowest BCUT2D eigenvalue weighted by Gasteiger charge is -2.27. The number of carbonyl (C=O) groups excluding carboxylic acids is 1. The molecular weight excluding hydrogens is 319 g/mol. The van der Waals surface area contributed by atoms with Gasteiger partial charge >= 0.3 is 6.18 Å². The SMILES string of the molecule is CC[C@H](Cc1ccc(C(F)(F)F)cc1)C(=O)NC1CCC(O)CC1. The van der Waals surface area contributed by atoms with E-state index in [2.05, 4.69) is 5.32 Å². The molecule has 1 aliphatic rings. The molecule has 0 aromatic heterocycles. The van der Waals surface area contributed by atoms with Crippen LogP contribution in [-0.4, -0.2) is 23.2 Å². The highest BCUT2D eigenvalue weighted by Gasteiger charge is 2.30. The van der Waals surface area contributed by atoms with Gasteiger partial charge in [0.15, 0.2) is 0 Å². The maximum absolute atomic E-state index is 12.6. The van der Waals surface area contributed by atoms with Crippen molar-refractivity contribution in [3.05, 3.63) is 35.4 Å². The van der Waals surface area contributed by atoms with Gasteiger partial charge in [0.1, 0.15) is 0 Å². The van der Waals surface area contributed by atoms with E-state index >= 15 is 0 Å². The van der Waals surface area contributed by atoms with Crippen LogP contribution >= 0.6 is 0 Å². The lowest BCUT2D eigenvalue weighted by Crippen LogP contribution is -2.42. The number of hydrogen-bond acceptors (Lipinski definition) is 2. The molecule has 1 aliphatic carbocycles. The average Bonchev–Trinajstić information content (AvgIpc) is 2.54. The normalized spacial score (nSPS) is 22.9. The Labute approximate surface area is 140 Å². The maximum Gasteiger partial charge on any atom is 0.416 e. The van der Waals surface area contributed by atoms with Gasteiger partial charge in [-0.05, 0) is 56.2 Å². The Kier molecular flexibility index (Phi) is 6.27. The number of halogens is 3. The predicted octanol–water partition coefficient (Wildman–Crippen LogP) is 3.69. The predicted molar refractivity (Wildman–Crippen MR) is 85.3 cm³/mol. The Morgan fingerprint density at radius 3 is 2.29 bits per heavy atom. The number of aliphatic hydroxyl groups is 1. The molecular formula is C18H24F3NO2. The second-order valence-electron chi connectivity index (χ2n) is 6.52. The minimum Gasteiger partial charge on any atom is -0.393 e. The number of alkyl halides is 3. The molecule has 1 atom stereocenters. The first kappa shape index (κ1) is 18.8. The van der Waals surface area contributed by atoms with Crippen molar-refractivity contribution in [3.63, 3.8) is 0 Å². The Bertz CT molecular complexity index is 534. The van der Waals surface area contributed by atoms with Crippen molar-refractivity contribution in [3.8, 4) is 0 Å². The van der Waals surface area contributed by atoms with E-state index in [9.17, 15) is 23.1 Å². The highest BCUT2D eigenvalue weighted by Crippen LogP contribution is 2.29. The number of rotatable bonds is 5. The Balaban J connectivity index is 1.92. The molecule has 0 saturated heterocycles. The molecule has 24 heavy (non-hydrogen) atoms. The molecule has 1 fully saturated rings. The van der Waals surface area contributed by atoms with Gasteiger partial charge in [-0.3, -0.25) is 4.79 Å². The molecule has 3 nitrogen and oxygen atoms in total. The minimum atomic E-state index is -4.34. The molecule has 1 saturated carbocycles. The molecule has 0 radical (unpaired) electrons. The largest absolute Gasteiger partial charge is 0.416 e. The first-order valence-corrected chi connectivity index (χ1v) is 8.44. The molecule has 0 bridgehead atoms. The summed E-state index contributed by atoms with van der Waals surface area (Å²) in [5.74, 6) is -0.313. The van der Waals surface area contributed by atoms with Gasteiger partial charge in [-0.2, -0.15) is 13.2 Å². The first-order valence-electron chi connectivity index (χ1n) is 8.44. The van der Waals surface area contributed by atoms with Crippen LogP contribution in [0.15, 0.2) is 24.3 Å². The molecule has 6 heteroatoms. The minimum absolute atomic E-state index is 0.0567. The second kappa shape index (κ2) is 8.01. The maximum atomic E-state index is 12.6. The van der Waals surface area contributed by atoms with Gasteiger partial charge in [0, 0.05) is 12.0 Å². The number of carbonyl (C=O) groups is 1. The first-order chi connectivity index (χ1) is 11.3. The molecule has 0 unspecified atom stereocenters. The van der Waals surface area contributed by atoms with E-state index in [1.807, 2.05) is 6.92 Å². The fourth-order valence-corrected chi connectivity index (χ4v) is 3.08. The van der Waals surface area contributed by atoms with Gasteiger partial charge < -0.3 is 10.4 Å². The molecule has 2 N–H and O–H groups in total. The Morgan fingerprint density at radius 2 is 1.79 bits per heavy atom. The zero-order chi connectivity index (χ0) is 17.7. The lowest BCUT2D eigenvalue weighted by atomic mass is 9.91. The van der Waals surface area contributed by atoms with Crippen LogP contribution in [0.4, 0.5) is 13.2 Å². The number of amides is 1. The number of aliphatic hydroxyl groups excluding tert-OH is 1. The summed E-state index contributed by atoms with van der Waals surface area (Å²) in [6.45, 7) is 1.90. The summed E-state index contributed by atoms with van der Waals surface area (Å²) in [6, 6.07) is 5.08. The standard InChI is InChI=1S/C18H24F3NO2/c1-2-13(17(24)22-15-7-9-16(23)10-8-15)11-12-3-5-14(6-4-12)18(19,20)21/h3-6,13,15-16,23H,2,7-11H2,1H3,(H,22,24)/t13-,15?,16?/m1/s1. The Morgan fingerprint density at radius 1 is 1.21 bits per heavy atom. The van der Waals surface area contributed by atoms with Crippen LogP contribution in [0.3, 0.4) is 0 Å². The van der Waals surface area contributed by atoms with Crippen molar-refractivity contribution >= 4 is 5.91 Å². The average molecular weight is 343 g/mol. The fraction of sp³-hybridized carbons (Fsp3) is 0.611. The third-order valence-corrected chi connectivity index (χ3v) is 4.67. The molecule has 1 amide bonds. The topological polar surface area (TPSA) is 49.3 Å². The number of hydrogen-bond donors (Lipinski definition) is 2. The van der Waals surface area contributed by atoms with E-state index in [1.165, 1.54) is 12.1 Å². The van der Waals surface area contributed by atoms with Crippen molar-refractivity contribution in [2.45, 2.75) is 63.8 Å². The summed E-state index contributed by atoms with van der Waals surface area (Å²) in [5, 5.41) is 12.5. The van der Waals surface area contributed by atoms with Crippen molar-refractivity contribution in [1.82, 2.24) is 5.32 Å². The fourth-order valence-electron chi connectivity index (χ4n) is 3.08. The smallest absolute Gasteiger partial charge is 0.393 e. The summed E-state index contributed by atoms with van der Waals surface area (Å²) in [6.07, 6.45) is -0.634. The zero-order valence-corrected chi connectivity index (χ0v) is 13.8. The van der Waals surface area contributed by atoms with Crippen molar-refractivity contribution in [2.75, 3.05) is 0 Å². The van der Waals surface area contributed by atoms with E-state index in [4.69, 9.17) is 0 Å². The summed E-state index contributed by atoms with van der Waals surface area (Å²) in [4.78, 5) is 12.4. The lowest BCUT2D eigenvalue weighted by molar-refractivity contribution is -0.137. The van der Waals surface area contributed by atoms with Crippen LogP contribution in [0.2, 0.25) is 0 Å². The molecule has 1 aromatic carbocycles. The van der Waals surface area contributed by atoms with Crippen molar-refractivity contribution < 1.29 is 23.1 Å². The van der Waals surface area contributed by atoms with Crippen LogP contribution in [0.25, 0.3) is 0 Å². The van der Waals surface area contributed by atoms with Crippen molar-refractivity contribution in [1.29, 1.82) is 0 Å². The summed E-state index contributed by atoms with van der Waals surface area (Å²) in [7, 11) is 0. The molecule has 1 aromatic rings. The van der Waals surface area contributed by atoms with E-state index in [-0.39, 0.29) is 24.0 Å². The summed E-state index contributed by atoms with van der Waals surface area (Å²) in [5.41, 5.74) is 0.0496. The van der Waals surface area contributed by atoms with Gasteiger partial charge in [-0.15, -0.1) is 0 Å². The van der Waals surface area contributed by atoms with E-state index in [0.717, 1.165) is 30.5 Å². The van der Waals surface area contributed by atoms with Gasteiger partial charge in [-0.1, -0.05) is 19.1 Å². The van der Waals surface area contributed by atoms with Gasteiger partial charge in [0.2, 0.25) is 5.91 Å². The molecule has 0 spiro atoms. The quantitative estimate of drug-likeness (QED) is 0.857. The molecule has 134 valence electrons. The van der Waals surface area contributed by atoms with Crippen LogP contribution in [-0.2, 0) is 17.4 Å². The Hall–Kier alpha value is -1.56. The van der Waals surface area contributed by atoms with Crippen LogP contribution in [0.5, 0.6) is 0 Å². The molecule has 0 heterocycles. The zero-order valence-electron chi connectivity index (χ0n) is 13.8. The summed E-state index contributed by atoms with van der Waals surface area (Å²) >= 11 is 0. The second-order valence-corrected chi connectivity index (χ2v) is 6.52. The third-order valence-electron chi connectivity index (χ3n) is 4.67. The van der Waals surface area contributed by atoms with Gasteiger partial charge in [0.05, 0.1) is 11.7 Å². The van der Waals surface area contributed by atoms with Crippen LogP contribution in [0, 0.1) is 5.92 Å². The van der Waals surface area contributed by atoms with Crippen LogP contribution < -0.4 is 5.32 Å². The van der Waals surface area contributed by atoms with Crippen molar-refractivity contribution in [2.24, 2.45) is 5.92 Å².